The zero-order valence-electron chi connectivity index (χ0n) is 79.2. The van der Waals surface area contributed by atoms with E-state index in [1.807, 2.05) is 0 Å². The summed E-state index contributed by atoms with van der Waals surface area (Å²) in [5, 5.41) is 80.3. The standard InChI is InChI=1S/C102H194O18/c1-7-13-19-25-31-37-43-49-55-61-67-73-79-85-92(104)115-98(110,91-103)99(111,116-93(105)86-80-74-68-62-56-50-44-38-32-26-20-14-8-2)100(112,117-94(106)87-81-75-69-63-57-51-45-39-33-27-21-15-9-3)101(113,118-95(107)88-82-76-70-64-58-52-46-40-34-28-22-16-10-4)102(114,119-96(108)89-83-77-71-65-59-53-47-41-35-29-23-17-11-5)120-97(109)90-84-78-72-66-60-54-48-42-36-30-24-18-12-6/h103,110-114H,7-91H2,1-6H3/t98-,99+,100+,101+/m0/s1. The first kappa shape index (κ1) is 117. The number of rotatable bonds is 95. The van der Waals surface area contributed by atoms with Gasteiger partial charge in [-0.1, -0.05) is 504 Å². The molecule has 0 aromatic carbocycles. The van der Waals surface area contributed by atoms with Gasteiger partial charge in [0.25, 0.3) is 0 Å². The number of ether oxygens (including phenoxy) is 6. The zero-order valence-corrected chi connectivity index (χ0v) is 79.2. The summed E-state index contributed by atoms with van der Waals surface area (Å²) in [5.41, 5.74) is 0. The molecule has 0 unspecified atom stereocenters. The number of esters is 6. The third-order valence-electron chi connectivity index (χ3n) is 24.6. The molecule has 120 heavy (non-hydrogen) atoms. The van der Waals surface area contributed by atoms with Crippen molar-refractivity contribution in [1.82, 2.24) is 0 Å². The van der Waals surface area contributed by atoms with E-state index in [1.54, 1.807) is 0 Å². The van der Waals surface area contributed by atoms with Crippen molar-refractivity contribution in [2.75, 3.05) is 6.61 Å². The number of unbranched alkanes of at least 4 members (excludes halogenated alkanes) is 72. The molecule has 0 bridgehead atoms. The van der Waals surface area contributed by atoms with Crippen LogP contribution < -0.4 is 0 Å². The van der Waals surface area contributed by atoms with Crippen LogP contribution in [0.3, 0.4) is 0 Å². The van der Waals surface area contributed by atoms with Gasteiger partial charge in [0, 0.05) is 38.5 Å². The molecule has 0 amide bonds. The molecule has 0 radical (unpaired) electrons. The van der Waals surface area contributed by atoms with Crippen LogP contribution in [0.1, 0.15) is 581 Å². The highest BCUT2D eigenvalue weighted by molar-refractivity contribution is 5.75. The fraction of sp³-hybridized carbons (Fsp3) is 0.941. The van der Waals surface area contributed by atoms with Gasteiger partial charge in [-0.05, 0) is 38.5 Å². The highest BCUT2D eigenvalue weighted by Gasteiger charge is 2.87. The van der Waals surface area contributed by atoms with E-state index in [1.165, 1.54) is 212 Å². The molecule has 0 spiro atoms. The lowest BCUT2D eigenvalue weighted by molar-refractivity contribution is -0.558. The minimum Gasteiger partial charge on any atom is -0.423 e. The molecule has 0 heterocycles. The molecule has 0 saturated heterocycles. The highest BCUT2D eigenvalue weighted by atomic mass is 16.9. The summed E-state index contributed by atoms with van der Waals surface area (Å²) < 4.78 is 34.6. The van der Waals surface area contributed by atoms with Crippen LogP contribution >= 0.6 is 0 Å². The second-order valence-electron chi connectivity index (χ2n) is 36.3. The zero-order chi connectivity index (χ0) is 88.3. The normalized spacial score (nSPS) is 13.8. The molecule has 4 atom stereocenters. The van der Waals surface area contributed by atoms with E-state index in [-0.39, 0.29) is 38.5 Å². The van der Waals surface area contributed by atoms with Gasteiger partial charge in [-0.2, -0.15) is 0 Å². The van der Waals surface area contributed by atoms with E-state index < -0.39 is 110 Å². The van der Waals surface area contributed by atoms with Gasteiger partial charge in [-0.25, -0.2) is 0 Å². The van der Waals surface area contributed by atoms with Crippen molar-refractivity contribution in [3.63, 3.8) is 0 Å². The van der Waals surface area contributed by atoms with E-state index in [9.17, 15) is 49.8 Å². The number of hydrogen-bond acceptors (Lipinski definition) is 18. The fourth-order valence-corrected chi connectivity index (χ4v) is 16.5. The van der Waals surface area contributed by atoms with E-state index in [0.717, 1.165) is 180 Å². The summed E-state index contributed by atoms with van der Waals surface area (Å²) >= 11 is 0. The predicted molar refractivity (Wildman–Crippen MR) is 490 cm³/mol. The van der Waals surface area contributed by atoms with Crippen LogP contribution in [0.15, 0.2) is 0 Å². The summed E-state index contributed by atoms with van der Waals surface area (Å²) in [6.45, 7) is 11.2. The van der Waals surface area contributed by atoms with Gasteiger partial charge in [-0.3, -0.25) is 28.8 Å². The van der Waals surface area contributed by atoms with Crippen LogP contribution in [0.4, 0.5) is 0 Å². The fourth-order valence-electron chi connectivity index (χ4n) is 16.5. The lowest BCUT2D eigenvalue weighted by Gasteiger charge is -2.53. The highest BCUT2D eigenvalue weighted by Crippen LogP contribution is 2.50. The molecule has 0 rings (SSSR count). The van der Waals surface area contributed by atoms with Gasteiger partial charge < -0.3 is 59.1 Å². The maximum Gasteiger partial charge on any atom is 0.451 e. The predicted octanol–water partition coefficient (Wildman–Crippen LogP) is 28.5. The molecule has 710 valence electrons. The first-order valence-corrected chi connectivity index (χ1v) is 51.8. The largest absolute Gasteiger partial charge is 0.451 e. The van der Waals surface area contributed by atoms with Crippen LogP contribution in [-0.2, 0) is 57.2 Å². The molecule has 0 aromatic rings. The smallest absolute Gasteiger partial charge is 0.423 e. The van der Waals surface area contributed by atoms with Crippen molar-refractivity contribution in [1.29, 1.82) is 0 Å². The van der Waals surface area contributed by atoms with Gasteiger partial charge in [0.05, 0.1) is 0 Å². The number of hydrogen-bond donors (Lipinski definition) is 6. The van der Waals surface area contributed by atoms with Crippen LogP contribution in [0, 0.1) is 0 Å². The summed E-state index contributed by atoms with van der Waals surface area (Å²) in [6.07, 6.45) is 71.7. The Labute approximate surface area is 736 Å². The van der Waals surface area contributed by atoms with Crippen LogP contribution in [0.5, 0.6) is 0 Å². The van der Waals surface area contributed by atoms with E-state index >= 15 is 9.59 Å². The second kappa shape index (κ2) is 82.5. The maximum absolute atomic E-state index is 15.1. The molecular formula is C102H194O18. The van der Waals surface area contributed by atoms with Crippen molar-refractivity contribution < 1.29 is 87.8 Å². The molecule has 0 aliphatic carbocycles. The summed E-state index contributed by atoms with van der Waals surface area (Å²) in [6, 6.07) is 0. The minimum atomic E-state index is -4.97. The van der Waals surface area contributed by atoms with Gasteiger partial charge in [0.2, 0.25) is 0 Å². The summed E-state index contributed by atoms with van der Waals surface area (Å²) in [5.74, 6) is -32.0. The third-order valence-corrected chi connectivity index (χ3v) is 24.6. The Morgan fingerprint density at radius 3 is 0.450 bits per heavy atom. The molecule has 0 aromatic heterocycles. The van der Waals surface area contributed by atoms with Crippen molar-refractivity contribution in [3.8, 4) is 0 Å². The molecular weight excluding hydrogens is 1510 g/mol. The quantitative estimate of drug-likeness (QED) is 0.0143. The lowest BCUT2D eigenvalue weighted by atomic mass is 9.86. The second-order valence-corrected chi connectivity index (χ2v) is 36.3. The molecule has 0 aliphatic heterocycles. The topological polar surface area (TPSA) is 279 Å². The molecule has 6 N–H and O–H groups in total. The first-order valence-electron chi connectivity index (χ1n) is 51.8. The monoisotopic (exact) mass is 1710 g/mol. The molecule has 0 saturated carbocycles. The van der Waals surface area contributed by atoms with Gasteiger partial charge in [0.1, 0.15) is 6.61 Å². The molecule has 18 heteroatoms. The Balaban J connectivity index is 8.28. The van der Waals surface area contributed by atoms with E-state index in [0.29, 0.717) is 70.6 Å². The summed E-state index contributed by atoms with van der Waals surface area (Å²) in [4.78, 5) is 88.9. The third kappa shape index (κ3) is 61.1. The average molecular weight is 1710 g/mol. The number of carbonyl (C=O) groups excluding carboxylic acids is 6. The Hall–Kier alpha value is -3.42. The van der Waals surface area contributed by atoms with Gasteiger partial charge in [0.15, 0.2) is 0 Å². The number of aliphatic hydroxyl groups excluding tert-OH is 1. The Morgan fingerprint density at radius 1 is 0.167 bits per heavy atom. The van der Waals surface area contributed by atoms with Crippen molar-refractivity contribution in [2.45, 2.75) is 610 Å². The minimum absolute atomic E-state index is 0.0474. The van der Waals surface area contributed by atoms with Gasteiger partial charge >= 0.3 is 64.9 Å². The van der Waals surface area contributed by atoms with Crippen LogP contribution in [-0.4, -0.2) is 102 Å². The number of carbonyl (C=O) groups is 6. The van der Waals surface area contributed by atoms with Gasteiger partial charge in [-0.15, -0.1) is 0 Å². The average Bonchev–Trinajstić information content (AvgIpc) is 0.692. The van der Waals surface area contributed by atoms with Crippen molar-refractivity contribution in [3.05, 3.63) is 0 Å². The molecule has 18 nitrogen and oxygen atoms in total. The van der Waals surface area contributed by atoms with Crippen LogP contribution in [0.2, 0.25) is 0 Å². The maximum atomic E-state index is 15.1. The van der Waals surface area contributed by atoms with Crippen molar-refractivity contribution >= 4 is 35.8 Å². The lowest BCUT2D eigenvalue weighted by Crippen LogP contribution is -2.85. The first-order chi connectivity index (χ1) is 58.3. The Bertz CT molecular complexity index is 2290. The Kier molecular flexibility index (Phi) is 80.2. The molecule has 0 fully saturated rings. The van der Waals surface area contributed by atoms with E-state index in [4.69, 9.17) is 28.4 Å². The van der Waals surface area contributed by atoms with E-state index in [2.05, 4.69) is 41.5 Å². The number of aliphatic hydroxyl groups is 6. The summed E-state index contributed by atoms with van der Waals surface area (Å²) in [7, 11) is 0. The SMILES string of the molecule is CCCCCCCCCCCCCCCC(=O)OC(O)(OC(=O)CCCCCCCCCCCCCCC)[C@](O)(OC(=O)CCCCCCCCCCCCCCC)[C@](O)(OC(=O)CCCCCCCCCCCCCCC)[C@](O)(OC(=O)CCCCCCCCCCCCCCC)[C@](O)(CO)OC(=O)CCCCCCCCCCCCCCC. The molecule has 0 aliphatic rings. The van der Waals surface area contributed by atoms with Crippen LogP contribution in [0.25, 0.3) is 0 Å². The van der Waals surface area contributed by atoms with Crippen molar-refractivity contribution in [2.24, 2.45) is 0 Å². The Morgan fingerprint density at radius 2 is 0.292 bits per heavy atom.